The number of aliphatic carboxylic acids is 1. The third kappa shape index (κ3) is 3.62. The maximum absolute atomic E-state index is 10.3. The number of benzene rings is 1. The van der Waals surface area contributed by atoms with Gasteiger partial charge in [-0.15, -0.1) is 10.2 Å². The van der Waals surface area contributed by atoms with Gasteiger partial charge >= 0.3 is 5.97 Å². The highest BCUT2D eigenvalue weighted by atomic mass is 79.9. The molecule has 0 atom stereocenters. The Morgan fingerprint density at radius 2 is 2.26 bits per heavy atom. The van der Waals surface area contributed by atoms with Crippen LogP contribution in [0.15, 0.2) is 27.1 Å². The van der Waals surface area contributed by atoms with Crippen molar-refractivity contribution in [2.75, 3.05) is 6.61 Å². The molecule has 1 aromatic heterocycles. The Morgan fingerprint density at radius 1 is 1.47 bits per heavy atom. The van der Waals surface area contributed by atoms with Crippen molar-refractivity contribution in [3.05, 3.63) is 34.1 Å². The molecule has 0 radical (unpaired) electrons. The Labute approximate surface area is 117 Å². The molecule has 6 nitrogen and oxygen atoms in total. The SMILES string of the molecule is Cc1ccc(-c2nnc(COCC(=O)O)o2)cc1Br. The lowest BCUT2D eigenvalue weighted by molar-refractivity contribution is -0.142. The minimum absolute atomic E-state index is 0.0215. The second-order valence-corrected chi connectivity index (χ2v) is 4.71. The zero-order chi connectivity index (χ0) is 13.8. The predicted octanol–water partition coefficient (Wildman–Crippen LogP) is 2.41. The van der Waals surface area contributed by atoms with Crippen LogP contribution in [0.1, 0.15) is 11.5 Å². The smallest absolute Gasteiger partial charge is 0.329 e. The van der Waals surface area contributed by atoms with E-state index in [-0.39, 0.29) is 12.5 Å². The summed E-state index contributed by atoms with van der Waals surface area (Å²) >= 11 is 3.43. The third-order valence-electron chi connectivity index (χ3n) is 2.34. The third-order valence-corrected chi connectivity index (χ3v) is 3.19. The molecule has 0 aliphatic rings. The fraction of sp³-hybridized carbons (Fsp3) is 0.250. The fourth-order valence-corrected chi connectivity index (χ4v) is 1.76. The number of carboxylic acid groups (broad SMARTS) is 1. The Bertz CT molecular complexity index is 597. The average Bonchev–Trinajstić information content (AvgIpc) is 2.81. The minimum atomic E-state index is -1.04. The second-order valence-electron chi connectivity index (χ2n) is 3.85. The van der Waals surface area contributed by atoms with Crippen LogP contribution in [0.25, 0.3) is 11.5 Å². The van der Waals surface area contributed by atoms with E-state index in [4.69, 9.17) is 14.3 Å². The summed E-state index contributed by atoms with van der Waals surface area (Å²) in [6, 6.07) is 5.68. The number of carbonyl (C=O) groups is 1. The van der Waals surface area contributed by atoms with E-state index in [2.05, 4.69) is 26.1 Å². The van der Waals surface area contributed by atoms with Crippen molar-refractivity contribution in [2.24, 2.45) is 0 Å². The summed E-state index contributed by atoms with van der Waals surface area (Å²) in [5.74, 6) is -0.426. The summed E-state index contributed by atoms with van der Waals surface area (Å²) in [7, 11) is 0. The summed E-state index contributed by atoms with van der Waals surface area (Å²) < 4.78 is 11.2. The summed E-state index contributed by atoms with van der Waals surface area (Å²) in [4.78, 5) is 10.3. The molecule has 100 valence electrons. The number of hydrogen-bond acceptors (Lipinski definition) is 5. The molecule has 7 heteroatoms. The van der Waals surface area contributed by atoms with Gasteiger partial charge in [-0.3, -0.25) is 0 Å². The zero-order valence-electron chi connectivity index (χ0n) is 10.1. The van der Waals surface area contributed by atoms with Crippen molar-refractivity contribution in [1.82, 2.24) is 10.2 Å². The summed E-state index contributed by atoms with van der Waals surface area (Å²) in [6.45, 7) is 1.56. The Hall–Kier alpha value is -1.73. The second kappa shape index (κ2) is 5.94. The van der Waals surface area contributed by atoms with Crippen LogP contribution in [0.5, 0.6) is 0 Å². The average molecular weight is 327 g/mol. The lowest BCUT2D eigenvalue weighted by atomic mass is 10.1. The number of hydrogen-bond donors (Lipinski definition) is 1. The van der Waals surface area contributed by atoms with E-state index in [9.17, 15) is 4.79 Å². The van der Waals surface area contributed by atoms with E-state index in [1.165, 1.54) is 0 Å². The molecule has 1 aromatic carbocycles. The fourth-order valence-electron chi connectivity index (χ4n) is 1.38. The number of nitrogens with zero attached hydrogens (tertiary/aromatic N) is 2. The molecule has 1 heterocycles. The van der Waals surface area contributed by atoms with Crippen molar-refractivity contribution in [3.63, 3.8) is 0 Å². The van der Waals surface area contributed by atoms with E-state index in [0.717, 1.165) is 15.6 Å². The van der Waals surface area contributed by atoms with E-state index >= 15 is 0 Å². The summed E-state index contributed by atoms with van der Waals surface area (Å²) in [5.41, 5.74) is 1.89. The van der Waals surface area contributed by atoms with Gasteiger partial charge < -0.3 is 14.3 Å². The van der Waals surface area contributed by atoms with Gasteiger partial charge in [0, 0.05) is 10.0 Å². The van der Waals surface area contributed by atoms with E-state index in [1.807, 2.05) is 25.1 Å². The Morgan fingerprint density at radius 3 is 2.95 bits per heavy atom. The first-order valence-corrected chi connectivity index (χ1v) is 6.24. The van der Waals surface area contributed by atoms with Gasteiger partial charge in [0.2, 0.25) is 11.8 Å². The normalized spacial score (nSPS) is 10.6. The number of halogens is 1. The highest BCUT2D eigenvalue weighted by molar-refractivity contribution is 9.10. The highest BCUT2D eigenvalue weighted by Crippen LogP contribution is 2.24. The van der Waals surface area contributed by atoms with Crippen molar-refractivity contribution >= 4 is 21.9 Å². The van der Waals surface area contributed by atoms with Gasteiger partial charge in [-0.1, -0.05) is 22.0 Å². The van der Waals surface area contributed by atoms with Crippen LogP contribution in [-0.2, 0) is 16.1 Å². The largest absolute Gasteiger partial charge is 0.480 e. The number of aromatic nitrogens is 2. The molecular weight excluding hydrogens is 316 g/mol. The first-order valence-electron chi connectivity index (χ1n) is 5.44. The van der Waals surface area contributed by atoms with Crippen molar-refractivity contribution in [1.29, 1.82) is 0 Å². The molecule has 0 amide bonds. The van der Waals surface area contributed by atoms with Crippen LogP contribution < -0.4 is 0 Å². The van der Waals surface area contributed by atoms with Gasteiger partial charge in [0.1, 0.15) is 13.2 Å². The minimum Gasteiger partial charge on any atom is -0.480 e. The molecule has 2 aromatic rings. The molecule has 0 saturated heterocycles. The van der Waals surface area contributed by atoms with Crippen molar-refractivity contribution in [2.45, 2.75) is 13.5 Å². The maximum Gasteiger partial charge on any atom is 0.329 e. The highest BCUT2D eigenvalue weighted by Gasteiger charge is 2.10. The topological polar surface area (TPSA) is 85.5 Å². The van der Waals surface area contributed by atoms with Crippen LogP contribution in [0.2, 0.25) is 0 Å². The predicted molar refractivity (Wildman–Crippen MR) is 69.5 cm³/mol. The first-order chi connectivity index (χ1) is 9.06. The first kappa shape index (κ1) is 13.7. The van der Waals surface area contributed by atoms with Gasteiger partial charge in [0.25, 0.3) is 0 Å². The molecule has 0 fully saturated rings. The lowest BCUT2D eigenvalue weighted by Crippen LogP contribution is -2.06. The van der Waals surface area contributed by atoms with Crippen molar-refractivity contribution in [3.8, 4) is 11.5 Å². The van der Waals surface area contributed by atoms with Crippen LogP contribution >= 0.6 is 15.9 Å². The number of aryl methyl sites for hydroxylation is 1. The van der Waals surface area contributed by atoms with Crippen LogP contribution in [0.4, 0.5) is 0 Å². The van der Waals surface area contributed by atoms with Gasteiger partial charge in [0.15, 0.2) is 0 Å². The standard InChI is InChI=1S/C12H11BrN2O4/c1-7-2-3-8(4-9(7)13)12-15-14-10(19-12)5-18-6-11(16)17/h2-4H,5-6H2,1H3,(H,16,17). The monoisotopic (exact) mass is 326 g/mol. The Kier molecular flexibility index (Phi) is 4.28. The molecule has 0 bridgehead atoms. The van der Waals surface area contributed by atoms with Crippen LogP contribution in [0, 0.1) is 6.92 Å². The zero-order valence-corrected chi connectivity index (χ0v) is 11.7. The van der Waals surface area contributed by atoms with E-state index in [1.54, 1.807) is 0 Å². The van der Waals surface area contributed by atoms with E-state index < -0.39 is 12.6 Å². The maximum atomic E-state index is 10.3. The van der Waals surface area contributed by atoms with Gasteiger partial charge in [0.05, 0.1) is 0 Å². The molecule has 0 saturated carbocycles. The Balaban J connectivity index is 2.07. The molecule has 19 heavy (non-hydrogen) atoms. The molecule has 0 aliphatic carbocycles. The molecule has 0 unspecified atom stereocenters. The van der Waals surface area contributed by atoms with Crippen LogP contribution in [0.3, 0.4) is 0 Å². The van der Waals surface area contributed by atoms with Gasteiger partial charge in [-0.25, -0.2) is 4.79 Å². The lowest BCUT2D eigenvalue weighted by Gasteiger charge is -1.99. The molecule has 0 aliphatic heterocycles. The number of ether oxygens (including phenoxy) is 1. The van der Waals surface area contributed by atoms with Crippen LogP contribution in [-0.4, -0.2) is 27.9 Å². The van der Waals surface area contributed by atoms with Crippen molar-refractivity contribution < 1.29 is 19.1 Å². The number of carboxylic acids is 1. The molecule has 1 N–H and O–H groups in total. The van der Waals surface area contributed by atoms with Gasteiger partial charge in [-0.2, -0.15) is 0 Å². The summed E-state index contributed by atoms with van der Waals surface area (Å²) in [6.07, 6.45) is 0. The van der Waals surface area contributed by atoms with Gasteiger partial charge in [-0.05, 0) is 24.6 Å². The molecular formula is C12H11BrN2O4. The van der Waals surface area contributed by atoms with E-state index in [0.29, 0.717) is 5.89 Å². The molecule has 0 spiro atoms. The molecule has 2 rings (SSSR count). The quantitative estimate of drug-likeness (QED) is 0.908. The summed E-state index contributed by atoms with van der Waals surface area (Å²) in [5, 5.41) is 16.1. The number of rotatable bonds is 5.